The standard InChI is InChI=1S/C11H11F2N3O3S/c1-11(2,13)9-4-10(15-19-9)16-20(17,18)8-3-7(12)5-14-6-8/h3-6H,1-2H3,(H,15,16). The van der Waals surface area contributed by atoms with Gasteiger partial charge in [-0.15, -0.1) is 0 Å². The summed E-state index contributed by atoms with van der Waals surface area (Å²) in [6.45, 7) is 2.48. The molecule has 108 valence electrons. The summed E-state index contributed by atoms with van der Waals surface area (Å²) in [5, 5.41) is 3.40. The fourth-order valence-corrected chi connectivity index (χ4v) is 2.30. The number of hydrogen-bond donors (Lipinski definition) is 1. The molecule has 0 atom stereocenters. The van der Waals surface area contributed by atoms with Crippen molar-refractivity contribution >= 4 is 15.8 Å². The summed E-state index contributed by atoms with van der Waals surface area (Å²) in [4.78, 5) is 3.07. The number of sulfonamides is 1. The first-order valence-electron chi connectivity index (χ1n) is 5.48. The first-order valence-corrected chi connectivity index (χ1v) is 6.96. The molecule has 20 heavy (non-hydrogen) atoms. The van der Waals surface area contributed by atoms with E-state index >= 15 is 0 Å². The Bertz CT molecular complexity index is 723. The van der Waals surface area contributed by atoms with Gasteiger partial charge >= 0.3 is 0 Å². The van der Waals surface area contributed by atoms with E-state index in [0.717, 1.165) is 24.5 Å². The van der Waals surface area contributed by atoms with Crippen LogP contribution in [0.25, 0.3) is 0 Å². The maximum Gasteiger partial charge on any atom is 0.264 e. The molecular weight excluding hydrogens is 292 g/mol. The molecular formula is C11H11F2N3O3S. The average Bonchev–Trinajstić information content (AvgIpc) is 2.76. The molecule has 2 heterocycles. The van der Waals surface area contributed by atoms with Crippen molar-refractivity contribution in [2.24, 2.45) is 0 Å². The SMILES string of the molecule is CC(C)(F)c1cc(NS(=O)(=O)c2cncc(F)c2)no1. The van der Waals surface area contributed by atoms with E-state index in [-0.39, 0.29) is 16.5 Å². The molecule has 0 fully saturated rings. The molecule has 2 rings (SSSR count). The van der Waals surface area contributed by atoms with Gasteiger partial charge in [0.05, 0.1) is 6.20 Å². The van der Waals surface area contributed by atoms with Crippen molar-refractivity contribution in [1.29, 1.82) is 0 Å². The Hall–Kier alpha value is -2.03. The molecule has 0 aliphatic heterocycles. The summed E-state index contributed by atoms with van der Waals surface area (Å²) in [5.74, 6) is -1.12. The zero-order chi connectivity index (χ0) is 15.0. The third-order valence-corrected chi connectivity index (χ3v) is 3.65. The second-order valence-electron chi connectivity index (χ2n) is 4.49. The van der Waals surface area contributed by atoms with E-state index in [2.05, 4.69) is 10.1 Å². The number of rotatable bonds is 4. The highest BCUT2D eigenvalue weighted by molar-refractivity contribution is 7.92. The summed E-state index contributed by atoms with van der Waals surface area (Å²) in [6, 6.07) is 1.92. The van der Waals surface area contributed by atoms with E-state index in [1.54, 1.807) is 0 Å². The van der Waals surface area contributed by atoms with Crippen LogP contribution in [0, 0.1) is 5.82 Å². The van der Waals surface area contributed by atoms with Crippen LogP contribution < -0.4 is 4.72 Å². The summed E-state index contributed by atoms with van der Waals surface area (Å²) in [6.07, 6.45) is 1.85. The number of anilines is 1. The van der Waals surface area contributed by atoms with Gasteiger partial charge in [-0.25, -0.2) is 17.2 Å². The predicted molar refractivity (Wildman–Crippen MR) is 65.6 cm³/mol. The van der Waals surface area contributed by atoms with Crippen molar-refractivity contribution < 1.29 is 21.7 Å². The van der Waals surface area contributed by atoms with Crippen molar-refractivity contribution in [1.82, 2.24) is 10.1 Å². The lowest BCUT2D eigenvalue weighted by molar-refractivity contribution is 0.163. The first-order chi connectivity index (χ1) is 9.18. The minimum Gasteiger partial charge on any atom is -0.356 e. The van der Waals surface area contributed by atoms with E-state index in [1.165, 1.54) is 13.8 Å². The molecule has 2 aromatic heterocycles. The van der Waals surface area contributed by atoms with Gasteiger partial charge in [0.2, 0.25) is 0 Å². The second-order valence-corrected chi connectivity index (χ2v) is 6.18. The molecule has 2 aromatic rings. The van der Waals surface area contributed by atoms with Gasteiger partial charge in [0, 0.05) is 12.3 Å². The summed E-state index contributed by atoms with van der Waals surface area (Å²) < 4.78 is 57.1. The Morgan fingerprint density at radius 3 is 2.55 bits per heavy atom. The van der Waals surface area contributed by atoms with E-state index in [9.17, 15) is 17.2 Å². The number of nitrogens with zero attached hydrogens (tertiary/aromatic N) is 2. The Balaban J connectivity index is 2.27. The van der Waals surface area contributed by atoms with Gasteiger partial charge in [0.1, 0.15) is 10.7 Å². The average molecular weight is 303 g/mol. The van der Waals surface area contributed by atoms with Crippen LogP contribution in [0.15, 0.2) is 33.9 Å². The molecule has 0 saturated carbocycles. The molecule has 0 aliphatic carbocycles. The van der Waals surface area contributed by atoms with E-state index in [0.29, 0.717) is 0 Å². The van der Waals surface area contributed by atoms with Gasteiger partial charge in [-0.05, 0) is 19.9 Å². The van der Waals surface area contributed by atoms with Crippen LogP contribution in [0.1, 0.15) is 19.6 Å². The van der Waals surface area contributed by atoms with Gasteiger partial charge in [0.25, 0.3) is 10.0 Å². The lowest BCUT2D eigenvalue weighted by Gasteiger charge is -2.07. The molecule has 6 nitrogen and oxygen atoms in total. The minimum absolute atomic E-state index is 0.132. The fraction of sp³-hybridized carbons (Fsp3) is 0.273. The highest BCUT2D eigenvalue weighted by Gasteiger charge is 2.26. The third kappa shape index (κ3) is 3.10. The largest absolute Gasteiger partial charge is 0.356 e. The molecule has 0 amide bonds. The number of nitrogens with one attached hydrogen (secondary N) is 1. The minimum atomic E-state index is -4.07. The van der Waals surface area contributed by atoms with Gasteiger partial charge in [-0.3, -0.25) is 9.71 Å². The molecule has 9 heteroatoms. The molecule has 0 saturated heterocycles. The third-order valence-electron chi connectivity index (χ3n) is 2.33. The highest BCUT2D eigenvalue weighted by Crippen LogP contribution is 2.27. The van der Waals surface area contributed by atoms with Gasteiger partial charge in [0.15, 0.2) is 17.2 Å². The van der Waals surface area contributed by atoms with Gasteiger partial charge in [-0.1, -0.05) is 5.16 Å². The van der Waals surface area contributed by atoms with Crippen LogP contribution in [0.3, 0.4) is 0 Å². The molecule has 0 unspecified atom stereocenters. The van der Waals surface area contributed by atoms with E-state index in [1.807, 2.05) is 4.72 Å². The van der Waals surface area contributed by atoms with Crippen molar-refractivity contribution in [3.8, 4) is 0 Å². The van der Waals surface area contributed by atoms with Crippen molar-refractivity contribution in [3.05, 3.63) is 36.1 Å². The van der Waals surface area contributed by atoms with E-state index in [4.69, 9.17) is 4.52 Å². The topological polar surface area (TPSA) is 85.1 Å². The Kier molecular flexibility index (Phi) is 3.46. The molecule has 0 aliphatic rings. The smallest absolute Gasteiger partial charge is 0.264 e. The zero-order valence-electron chi connectivity index (χ0n) is 10.6. The van der Waals surface area contributed by atoms with Crippen LogP contribution >= 0.6 is 0 Å². The van der Waals surface area contributed by atoms with Crippen LogP contribution in [-0.2, 0) is 15.7 Å². The van der Waals surface area contributed by atoms with E-state index < -0.39 is 21.5 Å². The van der Waals surface area contributed by atoms with Crippen LogP contribution in [0.4, 0.5) is 14.6 Å². The van der Waals surface area contributed by atoms with Crippen LogP contribution in [-0.4, -0.2) is 18.6 Å². The zero-order valence-corrected chi connectivity index (χ0v) is 11.4. The number of hydrogen-bond acceptors (Lipinski definition) is 5. The normalized spacial score (nSPS) is 12.4. The molecule has 0 aromatic carbocycles. The Morgan fingerprint density at radius 2 is 2.00 bits per heavy atom. The summed E-state index contributed by atoms with van der Waals surface area (Å²) >= 11 is 0. The van der Waals surface area contributed by atoms with Gasteiger partial charge in [-0.2, -0.15) is 0 Å². The van der Waals surface area contributed by atoms with Crippen LogP contribution in [0.2, 0.25) is 0 Å². The van der Waals surface area contributed by atoms with Crippen LogP contribution in [0.5, 0.6) is 0 Å². The maximum atomic E-state index is 13.6. The fourth-order valence-electron chi connectivity index (χ4n) is 1.34. The first kappa shape index (κ1) is 14.4. The Morgan fingerprint density at radius 1 is 1.30 bits per heavy atom. The monoisotopic (exact) mass is 303 g/mol. The number of aromatic nitrogens is 2. The lowest BCUT2D eigenvalue weighted by atomic mass is 10.1. The molecule has 0 spiro atoms. The van der Waals surface area contributed by atoms with Crippen molar-refractivity contribution in [3.63, 3.8) is 0 Å². The van der Waals surface area contributed by atoms with Crippen molar-refractivity contribution in [2.75, 3.05) is 4.72 Å². The second kappa shape index (κ2) is 4.82. The lowest BCUT2D eigenvalue weighted by Crippen LogP contribution is -2.13. The van der Waals surface area contributed by atoms with Crippen molar-refractivity contribution in [2.45, 2.75) is 24.4 Å². The quantitative estimate of drug-likeness (QED) is 0.936. The van der Waals surface area contributed by atoms with Gasteiger partial charge < -0.3 is 4.52 Å². The molecule has 1 N–H and O–H groups in total. The summed E-state index contributed by atoms with van der Waals surface area (Å²) in [7, 11) is -4.07. The highest BCUT2D eigenvalue weighted by atomic mass is 32.2. The maximum absolute atomic E-state index is 13.6. The Labute approximate surface area is 113 Å². The molecule has 0 bridgehead atoms. The molecule has 0 radical (unpaired) electrons. The number of pyridine rings is 1. The number of alkyl halides is 1. The number of halogens is 2. The summed E-state index contributed by atoms with van der Waals surface area (Å²) in [5.41, 5.74) is -1.79. The predicted octanol–water partition coefficient (Wildman–Crippen LogP) is 2.21.